The standard InChI is InChI=1S/C17H15BrN2O3S/c1-23-12-7-8-14(18)13(9-12)16(22)19-20-15(21)10-24-17(20)11-5-3-2-4-6-11/h2-9,17H,10H2,1H3,(H,19,22). The van der Waals surface area contributed by atoms with Gasteiger partial charge >= 0.3 is 0 Å². The van der Waals surface area contributed by atoms with Gasteiger partial charge in [-0.2, -0.15) is 0 Å². The van der Waals surface area contributed by atoms with Crippen molar-refractivity contribution in [3.8, 4) is 5.75 Å². The quantitative estimate of drug-likeness (QED) is 0.845. The fourth-order valence-corrected chi connectivity index (χ4v) is 3.92. The molecule has 2 aromatic carbocycles. The van der Waals surface area contributed by atoms with Crippen LogP contribution in [0, 0.1) is 0 Å². The Hall–Kier alpha value is -1.99. The molecule has 0 radical (unpaired) electrons. The molecule has 5 nitrogen and oxygen atoms in total. The van der Waals surface area contributed by atoms with Crippen LogP contribution < -0.4 is 10.2 Å². The van der Waals surface area contributed by atoms with Crippen molar-refractivity contribution in [2.75, 3.05) is 12.9 Å². The first-order chi connectivity index (χ1) is 11.6. The van der Waals surface area contributed by atoms with Crippen LogP contribution in [0.4, 0.5) is 0 Å². The molecule has 1 saturated heterocycles. The average molecular weight is 407 g/mol. The predicted molar refractivity (Wildman–Crippen MR) is 96.6 cm³/mol. The van der Waals surface area contributed by atoms with Crippen molar-refractivity contribution in [1.82, 2.24) is 10.4 Å². The average Bonchev–Trinajstić information content (AvgIpc) is 2.97. The van der Waals surface area contributed by atoms with Crippen LogP contribution >= 0.6 is 27.7 Å². The summed E-state index contributed by atoms with van der Waals surface area (Å²) in [6, 6.07) is 14.8. The zero-order chi connectivity index (χ0) is 17.1. The van der Waals surface area contributed by atoms with Crippen LogP contribution in [-0.2, 0) is 4.79 Å². The second kappa shape index (κ2) is 7.27. The summed E-state index contributed by atoms with van der Waals surface area (Å²) in [6.45, 7) is 0. The molecule has 1 fully saturated rings. The Morgan fingerprint density at radius 3 is 2.75 bits per heavy atom. The third-order valence-electron chi connectivity index (χ3n) is 3.59. The predicted octanol–water partition coefficient (Wildman–Crippen LogP) is 3.38. The molecule has 1 aliphatic heterocycles. The Bertz CT molecular complexity index is 770. The van der Waals surface area contributed by atoms with Crippen LogP contribution in [0.1, 0.15) is 21.3 Å². The summed E-state index contributed by atoms with van der Waals surface area (Å²) in [5.41, 5.74) is 4.10. The van der Waals surface area contributed by atoms with E-state index in [4.69, 9.17) is 4.74 Å². The fraction of sp³-hybridized carbons (Fsp3) is 0.176. The molecular formula is C17H15BrN2O3S. The van der Waals surface area contributed by atoms with Gasteiger partial charge in [0.15, 0.2) is 0 Å². The van der Waals surface area contributed by atoms with Crippen LogP contribution in [0.25, 0.3) is 0 Å². The number of carbonyl (C=O) groups excluding carboxylic acids is 2. The summed E-state index contributed by atoms with van der Waals surface area (Å²) in [6.07, 6.45) is 0. The number of carbonyl (C=O) groups is 2. The number of nitrogens with one attached hydrogen (secondary N) is 1. The Morgan fingerprint density at radius 2 is 2.04 bits per heavy atom. The van der Waals surface area contributed by atoms with Crippen molar-refractivity contribution in [3.05, 3.63) is 64.1 Å². The third-order valence-corrected chi connectivity index (χ3v) is 5.50. The monoisotopic (exact) mass is 406 g/mol. The first-order valence-corrected chi connectivity index (χ1v) is 9.07. The van der Waals surface area contributed by atoms with Gasteiger partial charge in [0.2, 0.25) is 0 Å². The van der Waals surface area contributed by atoms with E-state index in [0.29, 0.717) is 21.5 Å². The van der Waals surface area contributed by atoms with Gasteiger partial charge in [0, 0.05) is 4.47 Å². The Labute approximate surface area is 152 Å². The van der Waals surface area contributed by atoms with Crippen molar-refractivity contribution in [2.45, 2.75) is 5.37 Å². The van der Waals surface area contributed by atoms with E-state index in [-0.39, 0.29) is 17.2 Å². The maximum atomic E-state index is 12.6. The number of amides is 2. The molecule has 0 saturated carbocycles. The molecule has 1 N–H and O–H groups in total. The molecule has 1 atom stereocenters. The van der Waals surface area contributed by atoms with E-state index >= 15 is 0 Å². The van der Waals surface area contributed by atoms with Gasteiger partial charge in [-0.1, -0.05) is 30.3 Å². The highest BCUT2D eigenvalue weighted by Gasteiger charge is 2.34. The lowest BCUT2D eigenvalue weighted by molar-refractivity contribution is -0.130. The third kappa shape index (κ3) is 3.42. The number of hydrogen-bond acceptors (Lipinski definition) is 4. The molecule has 0 bridgehead atoms. The number of halogens is 1. The molecule has 7 heteroatoms. The summed E-state index contributed by atoms with van der Waals surface area (Å²) in [5.74, 6) is 0.419. The fourth-order valence-electron chi connectivity index (χ4n) is 2.38. The molecule has 0 spiro atoms. The highest BCUT2D eigenvalue weighted by Crippen LogP contribution is 2.37. The van der Waals surface area contributed by atoms with Crippen LogP contribution in [0.5, 0.6) is 5.75 Å². The van der Waals surface area contributed by atoms with E-state index in [1.54, 1.807) is 18.2 Å². The molecule has 0 aliphatic carbocycles. The number of methoxy groups -OCH3 is 1. The van der Waals surface area contributed by atoms with Gasteiger partial charge in [0.05, 0.1) is 18.4 Å². The zero-order valence-electron chi connectivity index (χ0n) is 12.9. The topological polar surface area (TPSA) is 58.6 Å². The lowest BCUT2D eigenvalue weighted by Crippen LogP contribution is -2.44. The number of benzene rings is 2. The maximum Gasteiger partial charge on any atom is 0.271 e. The highest BCUT2D eigenvalue weighted by molar-refractivity contribution is 9.10. The smallest absolute Gasteiger partial charge is 0.271 e. The zero-order valence-corrected chi connectivity index (χ0v) is 15.3. The van der Waals surface area contributed by atoms with Crippen LogP contribution in [0.3, 0.4) is 0 Å². The van der Waals surface area contributed by atoms with Crippen molar-refractivity contribution in [3.63, 3.8) is 0 Å². The van der Waals surface area contributed by atoms with E-state index < -0.39 is 0 Å². The number of rotatable bonds is 4. The summed E-state index contributed by atoms with van der Waals surface area (Å²) in [5, 5.41) is 1.17. The summed E-state index contributed by atoms with van der Waals surface area (Å²) < 4.78 is 5.79. The van der Waals surface area contributed by atoms with E-state index in [2.05, 4.69) is 21.4 Å². The molecule has 3 rings (SSSR count). The van der Waals surface area contributed by atoms with Crippen molar-refractivity contribution < 1.29 is 14.3 Å². The minimum absolute atomic E-state index is 0.124. The number of ether oxygens (including phenoxy) is 1. The van der Waals surface area contributed by atoms with Gasteiger partial charge in [0.25, 0.3) is 11.8 Å². The number of hydrogen-bond donors (Lipinski definition) is 1. The molecule has 124 valence electrons. The number of hydrazine groups is 1. The first kappa shape index (κ1) is 16.9. The largest absolute Gasteiger partial charge is 0.497 e. The molecule has 24 heavy (non-hydrogen) atoms. The Kier molecular flexibility index (Phi) is 5.11. The highest BCUT2D eigenvalue weighted by atomic mass is 79.9. The first-order valence-electron chi connectivity index (χ1n) is 7.23. The van der Waals surface area contributed by atoms with E-state index in [0.717, 1.165) is 5.56 Å². The lowest BCUT2D eigenvalue weighted by atomic mass is 10.2. The Balaban J connectivity index is 1.83. The van der Waals surface area contributed by atoms with Crippen LogP contribution in [0.15, 0.2) is 53.0 Å². The summed E-state index contributed by atoms with van der Waals surface area (Å²) >= 11 is 4.85. The molecule has 1 unspecified atom stereocenters. The molecular weight excluding hydrogens is 392 g/mol. The van der Waals surface area contributed by atoms with Crippen molar-refractivity contribution in [1.29, 1.82) is 0 Å². The number of thioether (sulfide) groups is 1. The minimum atomic E-state index is -0.363. The van der Waals surface area contributed by atoms with Crippen LogP contribution in [-0.4, -0.2) is 29.7 Å². The molecule has 1 aliphatic rings. The van der Waals surface area contributed by atoms with Crippen LogP contribution in [0.2, 0.25) is 0 Å². The summed E-state index contributed by atoms with van der Waals surface area (Å²) in [7, 11) is 1.54. The Morgan fingerprint density at radius 1 is 1.29 bits per heavy atom. The van der Waals surface area contributed by atoms with E-state index in [1.165, 1.54) is 23.9 Å². The van der Waals surface area contributed by atoms with Crippen molar-refractivity contribution >= 4 is 39.5 Å². The van der Waals surface area contributed by atoms with Gasteiger partial charge in [0.1, 0.15) is 11.1 Å². The minimum Gasteiger partial charge on any atom is -0.497 e. The lowest BCUT2D eigenvalue weighted by Gasteiger charge is -2.24. The number of nitrogens with zero attached hydrogens (tertiary/aromatic N) is 1. The maximum absolute atomic E-state index is 12.6. The molecule has 2 aromatic rings. The van der Waals surface area contributed by atoms with Gasteiger partial charge in [-0.15, -0.1) is 11.8 Å². The van der Waals surface area contributed by atoms with Gasteiger partial charge in [-0.25, -0.2) is 5.01 Å². The van der Waals surface area contributed by atoms with E-state index in [1.807, 2.05) is 30.3 Å². The normalized spacial score (nSPS) is 17.0. The summed E-state index contributed by atoms with van der Waals surface area (Å²) in [4.78, 5) is 24.8. The molecule has 2 amide bonds. The van der Waals surface area contributed by atoms with E-state index in [9.17, 15) is 9.59 Å². The van der Waals surface area contributed by atoms with Gasteiger partial charge in [-0.05, 0) is 39.7 Å². The second-order valence-electron chi connectivity index (χ2n) is 5.12. The van der Waals surface area contributed by atoms with Crippen molar-refractivity contribution in [2.24, 2.45) is 0 Å². The van der Waals surface area contributed by atoms with Gasteiger partial charge < -0.3 is 4.74 Å². The molecule has 0 aromatic heterocycles. The molecule has 1 heterocycles. The second-order valence-corrected chi connectivity index (χ2v) is 7.05. The van der Waals surface area contributed by atoms with Gasteiger partial charge in [-0.3, -0.25) is 15.0 Å². The SMILES string of the molecule is COc1ccc(Br)c(C(=O)NN2C(=O)CSC2c2ccccc2)c1.